The van der Waals surface area contributed by atoms with E-state index < -0.39 is 132 Å². The summed E-state index contributed by atoms with van der Waals surface area (Å²) in [6, 6.07) is 7.10. The molecule has 0 saturated carbocycles. The number of hydrogen-bond donors (Lipinski definition) is 10. The summed E-state index contributed by atoms with van der Waals surface area (Å²) in [5.74, 6) is -7.02. The lowest BCUT2D eigenvalue weighted by molar-refractivity contribution is -0.148. The number of unbranched alkanes of at least 4 members (excludes halogenated alkanes) is 1. The van der Waals surface area contributed by atoms with Crippen LogP contribution in [0.25, 0.3) is 0 Å². The largest absolute Gasteiger partial charge is 0.480 e. The maximum Gasteiger partial charge on any atom is 0.410 e. The van der Waals surface area contributed by atoms with Crippen LogP contribution in [0, 0.1) is 29.6 Å². The molecule has 13 N–H and O–H groups in total. The average molecular weight is 1270 g/mol. The Labute approximate surface area is 531 Å². The van der Waals surface area contributed by atoms with Gasteiger partial charge < -0.3 is 78.2 Å². The maximum atomic E-state index is 14.8. The SMILES string of the molecule is CC[C@H](C)[C@@H]([C@@H](CC(=O)N1CCCC1[C@H](OC)[C@@H](C)C(=O)N[C@@H](Cc1ccccc1)C(=O)O)OC)N(C)C(=O)[C@@H](NC(=O)[C@H](C(C)C)N(C)C(=O)OCc1ccc(NC(=O)C(CCCNC(N)=O)NC(=O)[C@@H](NC(=O)C(N)CCCCN)C(C)C)cc1)C(C)C. The predicted molar refractivity (Wildman–Crippen MR) is 341 cm³/mol. The first kappa shape index (κ1) is 76.8. The van der Waals surface area contributed by atoms with Crippen LogP contribution in [-0.4, -0.2) is 188 Å². The second-order valence-corrected chi connectivity index (χ2v) is 24.6. The highest BCUT2D eigenvalue weighted by Gasteiger charge is 2.44. The van der Waals surface area contributed by atoms with E-state index in [1.165, 1.54) is 31.1 Å². The van der Waals surface area contributed by atoms with Crippen LogP contribution in [0.3, 0.4) is 0 Å². The zero-order valence-electron chi connectivity index (χ0n) is 55.1. The smallest absolute Gasteiger partial charge is 0.410 e. The van der Waals surface area contributed by atoms with E-state index in [9.17, 15) is 53.1 Å². The Morgan fingerprint density at radius 1 is 0.700 bits per heavy atom. The van der Waals surface area contributed by atoms with Gasteiger partial charge in [0.25, 0.3) is 0 Å². The quantitative estimate of drug-likeness (QED) is 0.0429. The first-order valence-electron chi connectivity index (χ1n) is 31.4. The molecule has 90 heavy (non-hydrogen) atoms. The molecule has 0 aliphatic carbocycles. The summed E-state index contributed by atoms with van der Waals surface area (Å²) in [6.45, 7) is 16.9. The van der Waals surface area contributed by atoms with Gasteiger partial charge >= 0.3 is 18.1 Å². The van der Waals surface area contributed by atoms with Crippen molar-refractivity contribution in [1.29, 1.82) is 0 Å². The molecule has 1 saturated heterocycles. The number of nitrogens with one attached hydrogen (secondary N) is 6. The van der Waals surface area contributed by atoms with Crippen molar-refractivity contribution in [3.05, 3.63) is 65.7 Å². The Morgan fingerprint density at radius 2 is 1.32 bits per heavy atom. The summed E-state index contributed by atoms with van der Waals surface area (Å²) in [5, 5.41) is 26.3. The second-order valence-electron chi connectivity index (χ2n) is 24.6. The van der Waals surface area contributed by atoms with Gasteiger partial charge in [0.1, 0.15) is 36.8 Å². The van der Waals surface area contributed by atoms with Gasteiger partial charge in [-0.3, -0.25) is 38.5 Å². The van der Waals surface area contributed by atoms with E-state index in [2.05, 4.69) is 31.9 Å². The van der Waals surface area contributed by atoms with Gasteiger partial charge in [-0.05, 0) is 92.0 Å². The summed E-state index contributed by atoms with van der Waals surface area (Å²) in [7, 11) is 5.98. The molecule has 2 aromatic carbocycles. The van der Waals surface area contributed by atoms with Crippen LogP contribution in [0.4, 0.5) is 15.3 Å². The highest BCUT2D eigenvalue weighted by molar-refractivity contribution is 5.99. The lowest BCUT2D eigenvalue weighted by Gasteiger charge is -2.41. The van der Waals surface area contributed by atoms with Crippen LogP contribution < -0.4 is 49.1 Å². The van der Waals surface area contributed by atoms with Crippen molar-refractivity contribution in [2.24, 2.45) is 46.8 Å². The van der Waals surface area contributed by atoms with Crippen LogP contribution >= 0.6 is 0 Å². The Hall–Kier alpha value is -7.42. The number of likely N-dealkylation sites (tertiary alicyclic amines) is 1. The molecule has 504 valence electrons. The number of carbonyl (C=O) groups excluding carboxylic acids is 9. The zero-order valence-corrected chi connectivity index (χ0v) is 55.1. The summed E-state index contributed by atoms with van der Waals surface area (Å²) in [5.41, 5.74) is 18.5. The number of urea groups is 1. The van der Waals surface area contributed by atoms with Crippen molar-refractivity contribution >= 4 is 65.1 Å². The van der Waals surface area contributed by atoms with E-state index in [-0.39, 0.29) is 56.6 Å². The third-order valence-electron chi connectivity index (χ3n) is 16.7. The van der Waals surface area contributed by atoms with Crippen molar-refractivity contribution < 1.29 is 67.3 Å². The molecule has 1 heterocycles. The molecule has 0 aromatic heterocycles. The van der Waals surface area contributed by atoms with Crippen molar-refractivity contribution in [3.63, 3.8) is 0 Å². The molecule has 3 unspecified atom stereocenters. The molecule has 12 atom stereocenters. The number of carboxylic acid groups (broad SMARTS) is 1. The van der Waals surface area contributed by atoms with Crippen molar-refractivity contribution in [2.45, 2.75) is 194 Å². The first-order valence-corrected chi connectivity index (χ1v) is 31.4. The lowest BCUT2D eigenvalue weighted by Crippen LogP contribution is -2.60. The Bertz CT molecular complexity index is 2650. The first-order chi connectivity index (χ1) is 42.5. The van der Waals surface area contributed by atoms with Crippen LogP contribution in [0.5, 0.6) is 0 Å². The molecule has 1 aliphatic heterocycles. The van der Waals surface area contributed by atoms with E-state index in [1.54, 1.807) is 109 Å². The zero-order chi connectivity index (χ0) is 67.5. The molecular weight excluding hydrogens is 1160 g/mol. The van der Waals surface area contributed by atoms with Gasteiger partial charge in [-0.15, -0.1) is 0 Å². The monoisotopic (exact) mass is 1260 g/mol. The number of nitrogens with zero attached hydrogens (tertiary/aromatic N) is 3. The molecular formula is C64H104N12O14. The summed E-state index contributed by atoms with van der Waals surface area (Å²) >= 11 is 0. The number of carbonyl (C=O) groups is 10. The Balaban J connectivity index is 1.72. The predicted octanol–water partition coefficient (Wildman–Crippen LogP) is 3.62. The molecule has 0 radical (unpaired) electrons. The number of primary amides is 1. The maximum absolute atomic E-state index is 14.8. The molecule has 0 bridgehead atoms. The van der Waals surface area contributed by atoms with Crippen molar-refractivity contribution in [3.8, 4) is 0 Å². The van der Waals surface area contributed by atoms with E-state index in [0.717, 1.165) is 5.56 Å². The van der Waals surface area contributed by atoms with Crippen molar-refractivity contribution in [2.75, 3.05) is 53.3 Å². The minimum Gasteiger partial charge on any atom is -0.480 e. The van der Waals surface area contributed by atoms with E-state index in [1.807, 2.05) is 19.9 Å². The van der Waals surface area contributed by atoms with Crippen LogP contribution in [0.1, 0.15) is 131 Å². The number of hydrogen-bond acceptors (Lipinski definition) is 15. The van der Waals surface area contributed by atoms with Crippen LogP contribution in [0.15, 0.2) is 54.6 Å². The normalized spacial score (nSPS) is 16.8. The molecule has 1 aliphatic rings. The number of nitrogens with two attached hydrogens (primary N) is 3. The van der Waals surface area contributed by atoms with E-state index >= 15 is 0 Å². The van der Waals surface area contributed by atoms with Gasteiger partial charge in [0.15, 0.2) is 0 Å². The number of carboxylic acids is 1. The van der Waals surface area contributed by atoms with Gasteiger partial charge in [-0.25, -0.2) is 14.4 Å². The standard InChI is InChI=1S/C64H104N12O14/c1-14-40(8)54(49(88-12)35-50(77)76-33-21-26-48(76)55(89-13)41(9)56(78)71-47(62(84)85)34-42-22-16-15-17-23-42)74(10)61(83)52(38(4)5)73-60(82)53(39(6)7)75(11)64(87)90-36-43-27-29-44(30-28-43)69-58(80)46(25-20-32-68-63(67)86)70-59(81)51(37(2)3)72-57(79)45(66)24-18-19-31-65/h15-17,22-23,27-30,37-41,45-49,51-55H,14,18-21,24-26,31-36,65-66H2,1-13H3,(H,69,80)(H,70,81)(H,71,78)(H,72,79)(H,73,82)(H,84,85)(H3,67,68,86)/t40-,41+,45?,46?,47-,48?,49+,51-,52-,53-,54-,55+/m0/s1. The van der Waals surface area contributed by atoms with E-state index in [4.69, 9.17) is 31.4 Å². The van der Waals surface area contributed by atoms with Gasteiger partial charge in [0.2, 0.25) is 41.4 Å². The number of methoxy groups -OCH3 is 2. The van der Waals surface area contributed by atoms with Gasteiger partial charge in [-0.1, -0.05) is 118 Å². The molecule has 1 fully saturated rings. The van der Waals surface area contributed by atoms with Gasteiger partial charge in [-0.2, -0.15) is 0 Å². The molecule has 26 nitrogen and oxygen atoms in total. The fourth-order valence-electron chi connectivity index (χ4n) is 11.3. The molecule has 0 spiro atoms. The number of anilines is 1. The number of rotatable bonds is 38. The van der Waals surface area contributed by atoms with Crippen LogP contribution in [-0.2, 0) is 65.6 Å². The third-order valence-corrected chi connectivity index (χ3v) is 16.7. The van der Waals surface area contributed by atoms with Crippen molar-refractivity contribution in [1.82, 2.24) is 41.3 Å². The average Bonchev–Trinajstić information content (AvgIpc) is 1.52. The van der Waals surface area contributed by atoms with Gasteiger partial charge in [0.05, 0.1) is 42.7 Å². The number of amides is 10. The minimum absolute atomic E-state index is 0.0791. The molecule has 26 heteroatoms. The molecule has 10 amide bonds. The lowest BCUT2D eigenvalue weighted by atomic mass is 9.89. The second kappa shape index (κ2) is 38.3. The fraction of sp³-hybridized carbons (Fsp3) is 0.656. The molecule has 2 aromatic rings. The fourth-order valence-corrected chi connectivity index (χ4v) is 11.3. The number of benzene rings is 2. The highest BCUT2D eigenvalue weighted by atomic mass is 16.6. The number of ether oxygens (including phenoxy) is 3. The van der Waals surface area contributed by atoms with Gasteiger partial charge in [0, 0.05) is 53.5 Å². The number of aliphatic carboxylic acids is 1. The Morgan fingerprint density at radius 3 is 1.88 bits per heavy atom. The topological polar surface area (TPSA) is 379 Å². The highest BCUT2D eigenvalue weighted by Crippen LogP contribution is 2.30. The third kappa shape index (κ3) is 23.4. The van der Waals surface area contributed by atoms with E-state index in [0.29, 0.717) is 62.9 Å². The summed E-state index contributed by atoms with van der Waals surface area (Å²) < 4.78 is 17.7. The minimum atomic E-state index is -1.19. The summed E-state index contributed by atoms with van der Waals surface area (Å²) in [4.78, 5) is 139. The molecule has 3 rings (SSSR count). The number of likely N-dealkylation sites (N-methyl/N-ethyl adjacent to an activating group) is 2. The summed E-state index contributed by atoms with van der Waals surface area (Å²) in [6.07, 6.45) is 1.36. The Kier molecular flexibility index (Phi) is 32.7. The van der Waals surface area contributed by atoms with Crippen LogP contribution in [0.2, 0.25) is 0 Å².